The van der Waals surface area contributed by atoms with E-state index in [1.54, 1.807) is 25.1 Å². The molecule has 1 saturated carbocycles. The molecule has 1 N–H and O–H groups in total. The molecular formula is C35H44ClF2N3O5S. The van der Waals surface area contributed by atoms with Crippen LogP contribution in [0.5, 0.6) is 5.75 Å². The molecular weight excluding hydrogens is 648 g/mol. The van der Waals surface area contributed by atoms with Crippen molar-refractivity contribution in [3.8, 4) is 5.75 Å². The fraction of sp³-hybridized carbons (Fsp3) is 0.600. The molecule has 2 fully saturated rings. The summed E-state index contributed by atoms with van der Waals surface area (Å²) in [5.41, 5.74) is 3.06. The van der Waals surface area contributed by atoms with Gasteiger partial charge < -0.3 is 14.5 Å². The van der Waals surface area contributed by atoms with E-state index in [0.717, 1.165) is 43.2 Å². The van der Waals surface area contributed by atoms with Gasteiger partial charge in [-0.2, -0.15) is 0 Å². The summed E-state index contributed by atoms with van der Waals surface area (Å²) < 4.78 is 63.0. The number of fused-ring (bicyclic) bond motifs is 3. The minimum Gasteiger partial charge on any atom is -0.487 e. The van der Waals surface area contributed by atoms with Crippen LogP contribution in [0.3, 0.4) is 0 Å². The molecule has 5 atom stereocenters. The van der Waals surface area contributed by atoms with Crippen molar-refractivity contribution in [3.05, 3.63) is 58.1 Å². The van der Waals surface area contributed by atoms with Gasteiger partial charge in [0, 0.05) is 29.6 Å². The predicted octanol–water partition coefficient (Wildman–Crippen LogP) is 6.45. The Hall–Kier alpha value is -2.92. The number of halogens is 3. The Balaban J connectivity index is 1.36. The number of sulfonamides is 1. The third kappa shape index (κ3) is 7.41. The third-order valence-electron chi connectivity index (χ3n) is 10.9. The van der Waals surface area contributed by atoms with Gasteiger partial charge in [0.1, 0.15) is 12.4 Å². The second kappa shape index (κ2) is 13.5. The van der Waals surface area contributed by atoms with Gasteiger partial charge in [-0.1, -0.05) is 31.0 Å². The summed E-state index contributed by atoms with van der Waals surface area (Å²) in [5, 5.41) is -0.186. The first-order chi connectivity index (χ1) is 22.3. The Bertz CT molecular complexity index is 1610. The van der Waals surface area contributed by atoms with E-state index in [2.05, 4.69) is 9.62 Å². The van der Waals surface area contributed by atoms with E-state index in [0.29, 0.717) is 55.4 Å². The van der Waals surface area contributed by atoms with Crippen LogP contribution in [0.2, 0.25) is 5.02 Å². The number of ether oxygens (including phenoxy) is 1. The molecule has 2 bridgehead atoms. The van der Waals surface area contributed by atoms with Gasteiger partial charge in [0.15, 0.2) is 0 Å². The summed E-state index contributed by atoms with van der Waals surface area (Å²) in [7, 11) is -4.01. The maximum absolute atomic E-state index is 13.8. The maximum atomic E-state index is 13.8. The molecule has 2 aromatic carbocycles. The number of carbonyl (C=O) groups excluding carboxylic acids is 2. The number of aryl methyl sites for hydroxylation is 1. The zero-order valence-electron chi connectivity index (χ0n) is 27.0. The van der Waals surface area contributed by atoms with Crippen molar-refractivity contribution >= 4 is 39.1 Å². The quantitative estimate of drug-likeness (QED) is 0.370. The number of amides is 2. The number of likely N-dealkylation sites (tertiary alicyclic amines) is 1. The van der Waals surface area contributed by atoms with Crippen molar-refractivity contribution in [2.45, 2.75) is 83.0 Å². The van der Waals surface area contributed by atoms with Crippen molar-refractivity contribution in [2.75, 3.05) is 31.1 Å². The highest BCUT2D eigenvalue weighted by molar-refractivity contribution is 7.90. The largest absolute Gasteiger partial charge is 0.487 e. The SMILES string of the molecule is CC1CCC[C@@H](C(=O)N2CC(F)(F)C2)C2CCC2CN2CCCCc3cc(Cl)ccc3COc3ccc(cc32)C(=O)NS(=O)(=O)C1C. The topological polar surface area (TPSA) is 96.0 Å². The molecule has 6 rings (SSSR count). The van der Waals surface area contributed by atoms with Gasteiger partial charge in [0.05, 0.1) is 24.0 Å². The Kier molecular flexibility index (Phi) is 9.78. The lowest BCUT2D eigenvalue weighted by Crippen LogP contribution is -2.61. The average molecular weight is 692 g/mol. The molecule has 256 valence electrons. The highest BCUT2D eigenvalue weighted by atomic mass is 35.5. The van der Waals surface area contributed by atoms with Gasteiger partial charge in [0.25, 0.3) is 11.8 Å². The van der Waals surface area contributed by atoms with Crippen LogP contribution in [0, 0.1) is 23.7 Å². The van der Waals surface area contributed by atoms with Gasteiger partial charge in [-0.05, 0) is 111 Å². The molecule has 0 spiro atoms. The molecule has 4 unspecified atom stereocenters. The van der Waals surface area contributed by atoms with Crippen LogP contribution in [0.1, 0.15) is 80.3 Å². The lowest BCUT2D eigenvalue weighted by atomic mass is 9.65. The van der Waals surface area contributed by atoms with Crippen LogP contribution >= 0.6 is 11.6 Å². The molecule has 2 amide bonds. The second-order valence-electron chi connectivity index (χ2n) is 14.0. The van der Waals surface area contributed by atoms with Gasteiger partial charge in [-0.3, -0.25) is 9.59 Å². The summed E-state index contributed by atoms with van der Waals surface area (Å²) in [6.07, 6.45) is 5.94. The number of rotatable bonds is 1. The van der Waals surface area contributed by atoms with Crippen molar-refractivity contribution in [1.82, 2.24) is 9.62 Å². The molecule has 4 aliphatic rings. The maximum Gasteiger partial charge on any atom is 0.282 e. The van der Waals surface area contributed by atoms with E-state index in [1.165, 1.54) is 4.90 Å². The third-order valence-corrected chi connectivity index (χ3v) is 13.0. The Morgan fingerprint density at radius 1 is 1.00 bits per heavy atom. The molecule has 3 aliphatic heterocycles. The molecule has 2 aromatic rings. The molecule has 47 heavy (non-hydrogen) atoms. The number of nitrogens with one attached hydrogen (secondary N) is 1. The summed E-state index contributed by atoms with van der Waals surface area (Å²) in [4.78, 5) is 30.6. The molecule has 1 saturated heterocycles. The number of anilines is 1. The first-order valence-electron chi connectivity index (χ1n) is 16.8. The standard InChI is InChI=1S/C35H44ClF2N3O5S/c1-22-6-5-8-30(34(43)41-20-35(37,38)21-41)29-13-10-26(29)18-40-15-4-3-7-24-16-28(36)12-9-27(24)19-46-32-14-11-25(17-31(32)40)33(42)39-47(44,45)23(22)2/h9,11-12,14,16-17,22-23,26,29-30H,3-8,10,13,15,18-21H2,1-2H3,(H,39,42)/t22?,23?,26?,29?,30-/m1/s1. The summed E-state index contributed by atoms with van der Waals surface area (Å²) in [6.45, 7) is 3.90. The monoisotopic (exact) mass is 691 g/mol. The summed E-state index contributed by atoms with van der Waals surface area (Å²) in [5.74, 6) is -3.68. The van der Waals surface area contributed by atoms with E-state index >= 15 is 0 Å². The van der Waals surface area contributed by atoms with Crippen molar-refractivity contribution < 1.29 is 31.5 Å². The van der Waals surface area contributed by atoms with Gasteiger partial charge in [-0.15, -0.1) is 0 Å². The van der Waals surface area contributed by atoms with Gasteiger partial charge in [-0.25, -0.2) is 21.9 Å². The van der Waals surface area contributed by atoms with E-state index in [4.69, 9.17) is 16.3 Å². The fourth-order valence-corrected chi connectivity index (χ4v) is 9.12. The molecule has 1 aliphatic carbocycles. The van der Waals surface area contributed by atoms with Crippen LogP contribution in [0.4, 0.5) is 14.5 Å². The van der Waals surface area contributed by atoms with Crippen molar-refractivity contribution in [2.24, 2.45) is 23.7 Å². The predicted molar refractivity (Wildman–Crippen MR) is 177 cm³/mol. The van der Waals surface area contributed by atoms with E-state index in [-0.39, 0.29) is 29.2 Å². The lowest BCUT2D eigenvalue weighted by Gasteiger charge is -2.47. The number of hydrogen-bond donors (Lipinski definition) is 1. The Labute approximate surface area is 281 Å². The summed E-state index contributed by atoms with van der Waals surface area (Å²) >= 11 is 6.32. The number of benzene rings is 2. The number of carbonyl (C=O) groups is 2. The molecule has 3 heterocycles. The highest BCUT2D eigenvalue weighted by Crippen LogP contribution is 2.46. The van der Waals surface area contributed by atoms with Crippen LogP contribution in [-0.2, 0) is 27.8 Å². The van der Waals surface area contributed by atoms with Gasteiger partial charge >= 0.3 is 0 Å². The van der Waals surface area contributed by atoms with Gasteiger partial charge in [0.2, 0.25) is 15.9 Å². The summed E-state index contributed by atoms with van der Waals surface area (Å²) in [6, 6.07) is 10.8. The zero-order valence-corrected chi connectivity index (χ0v) is 28.6. The Morgan fingerprint density at radius 3 is 2.51 bits per heavy atom. The highest BCUT2D eigenvalue weighted by Gasteiger charge is 2.50. The zero-order chi connectivity index (χ0) is 33.5. The molecule has 0 radical (unpaired) electrons. The normalized spacial score (nSPS) is 29.4. The molecule has 8 nitrogen and oxygen atoms in total. The van der Waals surface area contributed by atoms with Crippen LogP contribution in [-0.4, -0.2) is 62.5 Å². The molecule has 0 aromatic heterocycles. The molecule has 12 heteroatoms. The number of hydrogen-bond acceptors (Lipinski definition) is 6. The van der Waals surface area contributed by atoms with Crippen LogP contribution in [0.15, 0.2) is 36.4 Å². The Morgan fingerprint density at radius 2 is 1.79 bits per heavy atom. The van der Waals surface area contributed by atoms with Crippen LogP contribution < -0.4 is 14.4 Å². The first-order valence-corrected chi connectivity index (χ1v) is 18.8. The minimum atomic E-state index is -4.01. The van der Waals surface area contributed by atoms with E-state index in [9.17, 15) is 26.8 Å². The fourth-order valence-electron chi connectivity index (χ4n) is 7.62. The minimum absolute atomic E-state index is 0.0292. The number of nitrogens with zero attached hydrogens (tertiary/aromatic N) is 2. The number of alkyl halides is 2. The smallest absolute Gasteiger partial charge is 0.282 e. The van der Waals surface area contributed by atoms with Crippen molar-refractivity contribution in [3.63, 3.8) is 0 Å². The van der Waals surface area contributed by atoms with Crippen molar-refractivity contribution in [1.29, 1.82) is 0 Å². The lowest BCUT2D eigenvalue weighted by molar-refractivity contribution is -0.173. The average Bonchev–Trinajstić information content (AvgIpc) is 3.03. The van der Waals surface area contributed by atoms with Crippen LogP contribution in [0.25, 0.3) is 0 Å². The first kappa shape index (κ1) is 34.0. The van der Waals surface area contributed by atoms with E-state index in [1.807, 2.05) is 25.1 Å². The van der Waals surface area contributed by atoms with E-state index < -0.39 is 46.1 Å². The second-order valence-corrected chi connectivity index (χ2v) is 16.5.